The second-order valence-corrected chi connectivity index (χ2v) is 2.61. The van der Waals surface area contributed by atoms with E-state index in [9.17, 15) is 4.79 Å². The largest absolute Gasteiger partial charge is 0.462 e. The molecule has 0 unspecified atom stereocenters. The number of nitrogens with two attached hydrogens (primary N) is 1. The first-order chi connectivity index (χ1) is 6.75. The summed E-state index contributed by atoms with van der Waals surface area (Å²) in [5, 5.41) is 3.60. The lowest BCUT2D eigenvalue weighted by molar-refractivity contribution is -0.112. The number of carbonyl (C=O) groups is 1. The molecule has 0 radical (unpaired) electrons. The van der Waals surface area contributed by atoms with Gasteiger partial charge in [-0.15, -0.1) is 0 Å². The van der Waals surface area contributed by atoms with Crippen molar-refractivity contribution in [2.75, 3.05) is 6.61 Å². The highest BCUT2D eigenvalue weighted by molar-refractivity contribution is 6.43. The molecule has 5 nitrogen and oxygen atoms in total. The van der Waals surface area contributed by atoms with Crippen LogP contribution >= 0.6 is 0 Å². The zero-order chi connectivity index (χ0) is 10.4. The number of rotatable bonds is 5. The second-order valence-electron chi connectivity index (χ2n) is 2.61. The second kappa shape index (κ2) is 5.06. The van der Waals surface area contributed by atoms with Crippen LogP contribution in [0.5, 0.6) is 0 Å². The molecule has 76 valence electrons. The molecule has 1 rings (SSSR count). The lowest BCUT2D eigenvalue weighted by Gasteiger charge is -1.98. The third-order valence-corrected chi connectivity index (χ3v) is 1.44. The minimum absolute atomic E-state index is 0.00319. The van der Waals surface area contributed by atoms with E-state index in [2.05, 4.69) is 5.16 Å². The molecule has 5 heteroatoms. The standard InChI is InChI=1S/C9H12N2O3/c1-2-5-14-11-8(9(10)12)7-4-3-6-13-7/h3-4,6H,2,5H2,1H3,(H2,10,12). The molecule has 0 aromatic carbocycles. The summed E-state index contributed by atoms with van der Waals surface area (Å²) in [6.45, 7) is 2.38. The van der Waals surface area contributed by atoms with E-state index in [1.165, 1.54) is 6.26 Å². The summed E-state index contributed by atoms with van der Waals surface area (Å²) >= 11 is 0. The molecule has 1 aromatic rings. The van der Waals surface area contributed by atoms with Crippen LogP contribution in [0.2, 0.25) is 0 Å². The van der Waals surface area contributed by atoms with Gasteiger partial charge in [0.1, 0.15) is 6.61 Å². The van der Waals surface area contributed by atoms with Gasteiger partial charge >= 0.3 is 0 Å². The van der Waals surface area contributed by atoms with Crippen LogP contribution in [0.4, 0.5) is 0 Å². The first-order valence-corrected chi connectivity index (χ1v) is 4.29. The van der Waals surface area contributed by atoms with Gasteiger partial charge in [-0.2, -0.15) is 0 Å². The van der Waals surface area contributed by atoms with Gasteiger partial charge in [0, 0.05) is 0 Å². The molecule has 0 spiro atoms. The third kappa shape index (κ3) is 2.62. The van der Waals surface area contributed by atoms with Gasteiger partial charge < -0.3 is 15.0 Å². The van der Waals surface area contributed by atoms with Crippen molar-refractivity contribution in [3.8, 4) is 0 Å². The van der Waals surface area contributed by atoms with E-state index in [1.54, 1.807) is 12.1 Å². The fourth-order valence-electron chi connectivity index (χ4n) is 0.826. The molecule has 2 N–H and O–H groups in total. The predicted molar refractivity (Wildman–Crippen MR) is 50.7 cm³/mol. The van der Waals surface area contributed by atoms with E-state index >= 15 is 0 Å². The number of furan rings is 1. The molecular weight excluding hydrogens is 184 g/mol. The normalized spacial score (nSPS) is 11.4. The Morgan fingerprint density at radius 1 is 1.71 bits per heavy atom. The number of hydrogen-bond donors (Lipinski definition) is 1. The van der Waals surface area contributed by atoms with Crippen LogP contribution < -0.4 is 5.73 Å². The molecule has 0 aliphatic heterocycles. The zero-order valence-electron chi connectivity index (χ0n) is 7.90. The van der Waals surface area contributed by atoms with E-state index in [4.69, 9.17) is 15.0 Å². The minimum atomic E-state index is -0.670. The van der Waals surface area contributed by atoms with Crippen molar-refractivity contribution in [2.45, 2.75) is 13.3 Å². The molecular formula is C9H12N2O3. The number of primary amides is 1. The van der Waals surface area contributed by atoms with E-state index in [1.807, 2.05) is 6.92 Å². The molecule has 0 aliphatic carbocycles. The highest BCUT2D eigenvalue weighted by atomic mass is 16.6. The van der Waals surface area contributed by atoms with Gasteiger partial charge in [-0.3, -0.25) is 4.79 Å². The number of carbonyl (C=O) groups excluding carboxylic acids is 1. The van der Waals surface area contributed by atoms with Crippen LogP contribution in [0.3, 0.4) is 0 Å². The highest BCUT2D eigenvalue weighted by Gasteiger charge is 2.13. The summed E-state index contributed by atoms with van der Waals surface area (Å²) in [4.78, 5) is 15.8. The fourth-order valence-corrected chi connectivity index (χ4v) is 0.826. The minimum Gasteiger partial charge on any atom is -0.462 e. The van der Waals surface area contributed by atoms with Crippen molar-refractivity contribution in [1.29, 1.82) is 0 Å². The molecule has 1 amide bonds. The maximum atomic E-state index is 10.9. The summed E-state index contributed by atoms with van der Waals surface area (Å²) in [5.74, 6) is -0.357. The van der Waals surface area contributed by atoms with Crippen molar-refractivity contribution in [3.63, 3.8) is 0 Å². The average Bonchev–Trinajstić information content (AvgIpc) is 2.64. The number of hydrogen-bond acceptors (Lipinski definition) is 4. The van der Waals surface area contributed by atoms with Crippen LogP contribution in [-0.2, 0) is 9.63 Å². The van der Waals surface area contributed by atoms with E-state index in [-0.39, 0.29) is 5.71 Å². The Kier molecular flexibility index (Phi) is 3.72. The summed E-state index contributed by atoms with van der Waals surface area (Å²) in [6, 6.07) is 3.24. The Morgan fingerprint density at radius 2 is 2.50 bits per heavy atom. The molecule has 14 heavy (non-hydrogen) atoms. The molecule has 1 heterocycles. The molecule has 0 fully saturated rings. The van der Waals surface area contributed by atoms with Crippen LogP contribution in [0.25, 0.3) is 0 Å². The van der Waals surface area contributed by atoms with Crippen molar-refractivity contribution in [1.82, 2.24) is 0 Å². The van der Waals surface area contributed by atoms with Crippen molar-refractivity contribution in [2.24, 2.45) is 10.9 Å². The quantitative estimate of drug-likeness (QED) is 0.431. The number of oxime groups is 1. The van der Waals surface area contributed by atoms with Gasteiger partial charge in [-0.05, 0) is 18.6 Å². The Bertz CT molecular complexity index is 317. The Balaban J connectivity index is 2.75. The molecule has 0 saturated heterocycles. The predicted octanol–water partition coefficient (Wildman–Crippen LogP) is 0.896. The third-order valence-electron chi connectivity index (χ3n) is 1.44. The first-order valence-electron chi connectivity index (χ1n) is 4.29. The van der Waals surface area contributed by atoms with Gasteiger partial charge in [0.15, 0.2) is 5.76 Å². The molecule has 0 aliphatic rings. The van der Waals surface area contributed by atoms with Gasteiger partial charge in [0.2, 0.25) is 5.71 Å². The van der Waals surface area contributed by atoms with Crippen molar-refractivity contribution in [3.05, 3.63) is 24.2 Å². The van der Waals surface area contributed by atoms with E-state index in [0.717, 1.165) is 6.42 Å². The van der Waals surface area contributed by atoms with E-state index in [0.29, 0.717) is 12.4 Å². The Labute approximate surface area is 81.5 Å². The monoisotopic (exact) mass is 196 g/mol. The highest BCUT2D eigenvalue weighted by Crippen LogP contribution is 2.02. The zero-order valence-corrected chi connectivity index (χ0v) is 7.90. The Morgan fingerprint density at radius 3 is 3.00 bits per heavy atom. The van der Waals surface area contributed by atoms with Crippen LogP contribution in [0.1, 0.15) is 19.1 Å². The van der Waals surface area contributed by atoms with Crippen molar-refractivity contribution < 1.29 is 14.0 Å². The topological polar surface area (TPSA) is 77.8 Å². The van der Waals surface area contributed by atoms with Gasteiger partial charge in [-0.25, -0.2) is 0 Å². The van der Waals surface area contributed by atoms with Crippen molar-refractivity contribution >= 4 is 11.6 Å². The van der Waals surface area contributed by atoms with Crippen LogP contribution in [-0.4, -0.2) is 18.2 Å². The Hall–Kier alpha value is -1.78. The lowest BCUT2D eigenvalue weighted by atomic mass is 10.3. The smallest absolute Gasteiger partial charge is 0.274 e. The summed E-state index contributed by atoms with van der Waals surface area (Å²) in [7, 11) is 0. The van der Waals surface area contributed by atoms with Gasteiger partial charge in [0.25, 0.3) is 5.91 Å². The molecule has 0 atom stereocenters. The summed E-state index contributed by atoms with van der Waals surface area (Å²) in [6.07, 6.45) is 2.25. The first kappa shape index (κ1) is 10.3. The van der Waals surface area contributed by atoms with E-state index < -0.39 is 5.91 Å². The SMILES string of the molecule is CCCON=C(C(N)=O)c1ccco1. The average molecular weight is 196 g/mol. The molecule has 0 saturated carbocycles. The van der Waals surface area contributed by atoms with Gasteiger partial charge in [0.05, 0.1) is 6.26 Å². The maximum Gasteiger partial charge on any atom is 0.274 e. The fraction of sp³-hybridized carbons (Fsp3) is 0.333. The maximum absolute atomic E-state index is 10.9. The number of nitrogens with zero attached hydrogens (tertiary/aromatic N) is 1. The molecule has 1 aromatic heterocycles. The summed E-state index contributed by atoms with van der Waals surface area (Å²) < 4.78 is 4.98. The lowest BCUT2D eigenvalue weighted by Crippen LogP contribution is -2.24. The van der Waals surface area contributed by atoms with Crippen LogP contribution in [0.15, 0.2) is 28.0 Å². The number of amides is 1. The van der Waals surface area contributed by atoms with Gasteiger partial charge in [-0.1, -0.05) is 12.1 Å². The van der Waals surface area contributed by atoms with Crippen LogP contribution in [0, 0.1) is 0 Å². The molecule has 0 bridgehead atoms. The summed E-state index contributed by atoms with van der Waals surface area (Å²) in [5.41, 5.74) is 5.10.